The summed E-state index contributed by atoms with van der Waals surface area (Å²) in [6, 6.07) is 9.47. The first kappa shape index (κ1) is 16.5. The molecular weight excluding hydrogens is 256 g/mol. The average Bonchev–Trinajstić information content (AvgIpc) is 2.77. The van der Waals surface area contributed by atoms with E-state index in [1.54, 1.807) is 0 Å². The topological polar surface area (TPSA) is 15.3 Å². The van der Waals surface area contributed by atoms with Crippen LogP contribution in [0, 0.1) is 0 Å². The van der Waals surface area contributed by atoms with Crippen LogP contribution in [-0.2, 0) is 6.42 Å². The van der Waals surface area contributed by atoms with Crippen LogP contribution in [0.3, 0.4) is 0 Å². The van der Waals surface area contributed by atoms with Gasteiger partial charge in [-0.2, -0.15) is 0 Å². The van der Waals surface area contributed by atoms with Gasteiger partial charge in [0.05, 0.1) is 0 Å². The molecule has 0 radical (unpaired) electrons. The minimum absolute atomic E-state index is 0.144. The van der Waals surface area contributed by atoms with Gasteiger partial charge in [0, 0.05) is 11.6 Å². The zero-order chi connectivity index (χ0) is 15.3. The van der Waals surface area contributed by atoms with E-state index < -0.39 is 0 Å². The number of likely N-dealkylation sites (N-methyl/N-ethyl adjacent to an activating group) is 1. The molecule has 1 heterocycles. The minimum Gasteiger partial charge on any atom is -0.311 e. The van der Waals surface area contributed by atoms with Crippen molar-refractivity contribution in [1.82, 2.24) is 10.2 Å². The highest BCUT2D eigenvalue weighted by Crippen LogP contribution is 2.33. The molecule has 2 nitrogen and oxygen atoms in total. The number of aryl methyl sites for hydroxylation is 1. The van der Waals surface area contributed by atoms with E-state index in [0.29, 0.717) is 6.04 Å². The van der Waals surface area contributed by atoms with Crippen LogP contribution in [0.1, 0.15) is 63.6 Å². The molecule has 1 atom stereocenters. The Hall–Kier alpha value is -0.860. The molecule has 0 spiro atoms. The van der Waals surface area contributed by atoms with Gasteiger partial charge in [-0.3, -0.25) is 4.90 Å². The molecule has 2 rings (SSSR count). The van der Waals surface area contributed by atoms with Crippen LogP contribution < -0.4 is 5.32 Å². The summed E-state index contributed by atoms with van der Waals surface area (Å²) in [5.74, 6) is 0. The van der Waals surface area contributed by atoms with Gasteiger partial charge in [0.2, 0.25) is 0 Å². The normalized spacial score (nSPS) is 19.2. The fourth-order valence-corrected chi connectivity index (χ4v) is 3.75. The Labute approximate surface area is 130 Å². The largest absolute Gasteiger partial charge is 0.311 e. The molecule has 0 aliphatic carbocycles. The minimum atomic E-state index is 0.144. The van der Waals surface area contributed by atoms with Gasteiger partial charge in [-0.25, -0.2) is 0 Å². The van der Waals surface area contributed by atoms with Crippen LogP contribution in [0.25, 0.3) is 0 Å². The summed E-state index contributed by atoms with van der Waals surface area (Å²) in [6.45, 7) is 9.50. The second kappa shape index (κ2) is 7.42. The summed E-state index contributed by atoms with van der Waals surface area (Å²) in [5, 5.41) is 3.59. The van der Waals surface area contributed by atoms with E-state index in [1.807, 2.05) is 0 Å². The molecule has 2 heteroatoms. The molecule has 0 bridgehead atoms. The van der Waals surface area contributed by atoms with Crippen LogP contribution in [-0.4, -0.2) is 30.6 Å². The van der Waals surface area contributed by atoms with Crippen molar-refractivity contribution < 1.29 is 0 Å². The van der Waals surface area contributed by atoms with Gasteiger partial charge >= 0.3 is 0 Å². The lowest BCUT2D eigenvalue weighted by Crippen LogP contribution is -2.52. The standard InChI is InChI=1S/C19H32N2/c1-5-16-11-10-12-17(15-16)18(20-4)19(2,3)21-13-8-6-7-9-14-21/h10-12,15,18,20H,5-9,13-14H2,1-4H3. The van der Waals surface area contributed by atoms with E-state index >= 15 is 0 Å². The van der Waals surface area contributed by atoms with E-state index in [4.69, 9.17) is 0 Å². The predicted octanol–water partition coefficient (Wildman–Crippen LogP) is 4.16. The highest BCUT2D eigenvalue weighted by Gasteiger charge is 2.35. The van der Waals surface area contributed by atoms with Gasteiger partial charge in [-0.1, -0.05) is 44.0 Å². The van der Waals surface area contributed by atoms with Crippen molar-refractivity contribution in [3.63, 3.8) is 0 Å². The van der Waals surface area contributed by atoms with E-state index in [9.17, 15) is 0 Å². The summed E-state index contributed by atoms with van der Waals surface area (Å²) in [4.78, 5) is 2.69. The van der Waals surface area contributed by atoms with Crippen LogP contribution in [0.4, 0.5) is 0 Å². The lowest BCUT2D eigenvalue weighted by atomic mass is 9.86. The highest BCUT2D eigenvalue weighted by atomic mass is 15.2. The van der Waals surface area contributed by atoms with Gasteiger partial charge in [0.15, 0.2) is 0 Å². The molecule has 1 fully saturated rings. The third-order valence-electron chi connectivity index (χ3n) is 5.11. The summed E-state index contributed by atoms with van der Waals surface area (Å²) in [7, 11) is 2.10. The summed E-state index contributed by atoms with van der Waals surface area (Å²) >= 11 is 0. The van der Waals surface area contributed by atoms with E-state index in [-0.39, 0.29) is 5.54 Å². The molecular formula is C19H32N2. The number of benzene rings is 1. The molecule has 1 N–H and O–H groups in total. The number of hydrogen-bond donors (Lipinski definition) is 1. The third-order valence-corrected chi connectivity index (χ3v) is 5.11. The molecule has 0 aromatic heterocycles. The second-order valence-electron chi connectivity index (χ2n) is 6.88. The number of likely N-dealkylation sites (tertiary alicyclic amines) is 1. The second-order valence-corrected chi connectivity index (χ2v) is 6.88. The monoisotopic (exact) mass is 288 g/mol. The SMILES string of the molecule is CCc1cccc(C(NC)C(C)(C)N2CCCCCC2)c1. The summed E-state index contributed by atoms with van der Waals surface area (Å²) < 4.78 is 0. The Bertz CT molecular complexity index is 431. The fourth-order valence-electron chi connectivity index (χ4n) is 3.75. The van der Waals surface area contributed by atoms with Crippen LogP contribution in [0.15, 0.2) is 24.3 Å². The molecule has 1 aromatic rings. The van der Waals surface area contributed by atoms with Crippen molar-refractivity contribution in [3.8, 4) is 0 Å². The van der Waals surface area contributed by atoms with Crippen molar-refractivity contribution in [3.05, 3.63) is 35.4 Å². The lowest BCUT2D eigenvalue weighted by Gasteiger charge is -2.44. The molecule has 1 aliphatic heterocycles. The Morgan fingerprint density at radius 1 is 1.14 bits per heavy atom. The molecule has 21 heavy (non-hydrogen) atoms. The van der Waals surface area contributed by atoms with Crippen molar-refractivity contribution >= 4 is 0 Å². The Morgan fingerprint density at radius 2 is 1.81 bits per heavy atom. The zero-order valence-corrected chi connectivity index (χ0v) is 14.3. The van der Waals surface area contributed by atoms with Crippen LogP contribution in [0.2, 0.25) is 0 Å². The maximum Gasteiger partial charge on any atom is 0.0499 e. The molecule has 0 saturated carbocycles. The molecule has 1 aliphatic rings. The Morgan fingerprint density at radius 3 is 2.38 bits per heavy atom. The van der Waals surface area contributed by atoms with E-state index in [1.165, 1.54) is 49.9 Å². The first-order valence-corrected chi connectivity index (χ1v) is 8.60. The van der Waals surface area contributed by atoms with E-state index in [2.05, 4.69) is 62.3 Å². The first-order chi connectivity index (χ1) is 10.1. The number of nitrogens with zero attached hydrogens (tertiary/aromatic N) is 1. The van der Waals surface area contributed by atoms with Crippen LogP contribution in [0.5, 0.6) is 0 Å². The number of nitrogens with one attached hydrogen (secondary N) is 1. The maximum absolute atomic E-state index is 3.59. The smallest absolute Gasteiger partial charge is 0.0499 e. The Balaban J connectivity index is 2.24. The molecule has 1 unspecified atom stereocenters. The molecule has 1 saturated heterocycles. The average molecular weight is 288 g/mol. The van der Waals surface area contributed by atoms with Crippen molar-refractivity contribution in [2.75, 3.05) is 20.1 Å². The van der Waals surface area contributed by atoms with Gasteiger partial charge < -0.3 is 5.32 Å². The number of rotatable bonds is 5. The quantitative estimate of drug-likeness (QED) is 0.875. The highest BCUT2D eigenvalue weighted by molar-refractivity contribution is 5.28. The van der Waals surface area contributed by atoms with Gasteiger partial charge in [0.1, 0.15) is 0 Å². The maximum atomic E-state index is 3.59. The van der Waals surface area contributed by atoms with Gasteiger partial charge in [-0.05, 0) is 64.4 Å². The molecule has 1 aromatic carbocycles. The summed E-state index contributed by atoms with van der Waals surface area (Å²) in [5.41, 5.74) is 3.00. The van der Waals surface area contributed by atoms with Crippen molar-refractivity contribution in [2.45, 2.75) is 64.5 Å². The zero-order valence-electron chi connectivity index (χ0n) is 14.3. The van der Waals surface area contributed by atoms with Crippen LogP contribution >= 0.6 is 0 Å². The number of hydrogen-bond acceptors (Lipinski definition) is 2. The Kier molecular flexibility index (Phi) is 5.83. The van der Waals surface area contributed by atoms with Gasteiger partial charge in [0.25, 0.3) is 0 Å². The fraction of sp³-hybridized carbons (Fsp3) is 0.684. The first-order valence-electron chi connectivity index (χ1n) is 8.60. The molecule has 0 amide bonds. The van der Waals surface area contributed by atoms with Crippen molar-refractivity contribution in [2.24, 2.45) is 0 Å². The van der Waals surface area contributed by atoms with Gasteiger partial charge in [-0.15, -0.1) is 0 Å². The molecule has 118 valence electrons. The third kappa shape index (κ3) is 3.87. The van der Waals surface area contributed by atoms with Crippen molar-refractivity contribution in [1.29, 1.82) is 0 Å². The summed E-state index contributed by atoms with van der Waals surface area (Å²) in [6.07, 6.45) is 6.57. The predicted molar refractivity (Wildman–Crippen MR) is 91.7 cm³/mol. The van der Waals surface area contributed by atoms with E-state index in [0.717, 1.165) is 6.42 Å². The lowest BCUT2D eigenvalue weighted by molar-refractivity contribution is 0.0864.